The molecule has 1 saturated heterocycles. The lowest BCUT2D eigenvalue weighted by Gasteiger charge is -2.16. The molecule has 0 radical (unpaired) electrons. The maximum absolute atomic E-state index is 14.8. The smallest absolute Gasteiger partial charge is 0.414 e. The molecule has 0 unspecified atom stereocenters. The molecule has 2 aromatic heterocycles. The molecule has 0 spiro atoms. The van der Waals surface area contributed by atoms with Crippen LogP contribution in [0.1, 0.15) is 6.92 Å². The molecule has 1 N–H and O–H groups in total. The monoisotopic (exact) mass is 429 g/mol. The van der Waals surface area contributed by atoms with Crippen molar-refractivity contribution in [1.29, 1.82) is 0 Å². The van der Waals surface area contributed by atoms with Crippen LogP contribution < -0.4 is 10.2 Å². The summed E-state index contributed by atoms with van der Waals surface area (Å²) in [6.07, 6.45) is -0.0927. The summed E-state index contributed by atoms with van der Waals surface area (Å²) in [4.78, 5) is 28.3. The Labute approximate surface area is 174 Å². The number of tetrazole rings is 1. The van der Waals surface area contributed by atoms with Gasteiger partial charge >= 0.3 is 6.09 Å². The molecule has 0 bridgehead atoms. The SMILES string of the molecule is CC(=O)NC[C@H]1CN(c2ccc(-c3ccc(-c4nnnn4C)nc3)c(F)c2F)C(=O)O1. The van der Waals surface area contributed by atoms with E-state index in [1.807, 2.05) is 0 Å². The quantitative estimate of drug-likeness (QED) is 0.656. The molecular weight excluding hydrogens is 412 g/mol. The average Bonchev–Trinajstić information content (AvgIpc) is 3.34. The highest BCUT2D eigenvalue weighted by atomic mass is 19.2. The van der Waals surface area contributed by atoms with Crippen molar-refractivity contribution in [3.8, 4) is 22.6 Å². The van der Waals surface area contributed by atoms with E-state index in [0.717, 1.165) is 4.90 Å². The molecule has 1 aliphatic heterocycles. The number of carbonyl (C=O) groups excluding carboxylic acids is 2. The number of halogens is 2. The number of aryl methyl sites for hydroxylation is 1. The number of hydrogen-bond donors (Lipinski definition) is 1. The van der Waals surface area contributed by atoms with E-state index in [9.17, 15) is 18.4 Å². The Morgan fingerprint density at radius 3 is 2.71 bits per heavy atom. The van der Waals surface area contributed by atoms with Gasteiger partial charge in [-0.1, -0.05) is 6.07 Å². The molecule has 1 aromatic carbocycles. The second kappa shape index (κ2) is 8.05. The van der Waals surface area contributed by atoms with Crippen molar-refractivity contribution in [2.45, 2.75) is 13.0 Å². The van der Waals surface area contributed by atoms with E-state index in [1.54, 1.807) is 19.2 Å². The zero-order valence-corrected chi connectivity index (χ0v) is 16.5. The molecule has 2 amide bonds. The third kappa shape index (κ3) is 3.91. The maximum Gasteiger partial charge on any atom is 0.414 e. The first-order valence-electron chi connectivity index (χ1n) is 9.25. The van der Waals surface area contributed by atoms with Crippen molar-refractivity contribution in [3.63, 3.8) is 0 Å². The standard InChI is InChI=1S/C19H17F2N7O3/c1-10(29)22-8-12-9-28(19(30)31-12)15-6-4-13(16(20)17(15)21)11-3-5-14(23-7-11)18-24-25-26-27(18)2/h3-7,12H,8-9H2,1-2H3,(H,22,29)/t12-/m0/s1. The van der Waals surface area contributed by atoms with Gasteiger partial charge < -0.3 is 10.1 Å². The summed E-state index contributed by atoms with van der Waals surface area (Å²) in [6, 6.07) is 5.83. The number of cyclic esters (lactones) is 1. The van der Waals surface area contributed by atoms with Crippen LogP contribution in [0.25, 0.3) is 22.6 Å². The molecule has 12 heteroatoms. The van der Waals surface area contributed by atoms with E-state index in [4.69, 9.17) is 4.74 Å². The number of rotatable bonds is 5. The Kier molecular flexibility index (Phi) is 5.28. The number of ether oxygens (including phenoxy) is 1. The Balaban J connectivity index is 1.57. The summed E-state index contributed by atoms with van der Waals surface area (Å²) in [7, 11) is 1.66. The molecule has 31 heavy (non-hydrogen) atoms. The number of aromatic nitrogens is 5. The first kappa shape index (κ1) is 20.3. The lowest BCUT2D eigenvalue weighted by molar-refractivity contribution is -0.119. The van der Waals surface area contributed by atoms with Gasteiger partial charge in [0.25, 0.3) is 0 Å². The molecule has 10 nitrogen and oxygen atoms in total. The summed E-state index contributed by atoms with van der Waals surface area (Å²) in [5.41, 5.74) is 0.554. The van der Waals surface area contributed by atoms with Crippen LogP contribution >= 0.6 is 0 Å². The Morgan fingerprint density at radius 2 is 2.06 bits per heavy atom. The normalized spacial score (nSPS) is 15.8. The van der Waals surface area contributed by atoms with Crippen molar-refractivity contribution in [3.05, 3.63) is 42.1 Å². The molecule has 0 aliphatic carbocycles. The third-order valence-electron chi connectivity index (χ3n) is 4.73. The molecule has 3 heterocycles. The largest absolute Gasteiger partial charge is 0.442 e. The molecule has 1 atom stereocenters. The minimum Gasteiger partial charge on any atom is -0.442 e. The zero-order chi connectivity index (χ0) is 22.1. The van der Waals surface area contributed by atoms with Gasteiger partial charge in [0.15, 0.2) is 17.5 Å². The molecular formula is C19H17F2N7O3. The molecule has 1 aliphatic rings. The molecule has 160 valence electrons. The number of anilines is 1. The predicted octanol–water partition coefficient (Wildman–Crippen LogP) is 1.68. The van der Waals surface area contributed by atoms with Crippen LogP contribution in [-0.4, -0.2) is 56.4 Å². The van der Waals surface area contributed by atoms with Gasteiger partial charge in [0.1, 0.15) is 11.8 Å². The predicted molar refractivity (Wildman–Crippen MR) is 104 cm³/mol. The molecule has 1 fully saturated rings. The zero-order valence-electron chi connectivity index (χ0n) is 16.5. The fourth-order valence-corrected chi connectivity index (χ4v) is 3.18. The van der Waals surface area contributed by atoms with Crippen LogP contribution in [-0.2, 0) is 16.6 Å². The summed E-state index contributed by atoms with van der Waals surface area (Å²) < 4.78 is 36.2. The maximum atomic E-state index is 14.8. The van der Waals surface area contributed by atoms with E-state index in [2.05, 4.69) is 25.8 Å². The highest BCUT2D eigenvalue weighted by Gasteiger charge is 2.35. The van der Waals surface area contributed by atoms with E-state index in [-0.39, 0.29) is 30.2 Å². The van der Waals surface area contributed by atoms with Crippen molar-refractivity contribution in [2.75, 3.05) is 18.0 Å². The number of nitrogens with zero attached hydrogens (tertiary/aromatic N) is 6. The topological polar surface area (TPSA) is 115 Å². The first-order valence-corrected chi connectivity index (χ1v) is 9.25. The van der Waals surface area contributed by atoms with E-state index < -0.39 is 23.8 Å². The van der Waals surface area contributed by atoms with Crippen molar-refractivity contribution in [1.82, 2.24) is 30.5 Å². The van der Waals surface area contributed by atoms with Crippen molar-refractivity contribution < 1.29 is 23.1 Å². The number of nitrogens with one attached hydrogen (secondary N) is 1. The van der Waals surface area contributed by atoms with Crippen LogP contribution in [0.4, 0.5) is 19.3 Å². The second-order valence-electron chi connectivity index (χ2n) is 6.87. The van der Waals surface area contributed by atoms with Gasteiger partial charge in [0, 0.05) is 31.3 Å². The van der Waals surface area contributed by atoms with Gasteiger partial charge in [-0.25, -0.2) is 18.3 Å². The highest BCUT2D eigenvalue weighted by molar-refractivity contribution is 5.90. The van der Waals surface area contributed by atoms with Crippen LogP contribution in [0.3, 0.4) is 0 Å². The van der Waals surface area contributed by atoms with E-state index in [1.165, 1.54) is 29.9 Å². The van der Waals surface area contributed by atoms with Crippen molar-refractivity contribution >= 4 is 17.7 Å². The number of amides is 2. The third-order valence-corrected chi connectivity index (χ3v) is 4.73. The van der Waals surface area contributed by atoms with E-state index in [0.29, 0.717) is 17.1 Å². The fraction of sp³-hybridized carbons (Fsp3) is 0.263. The lowest BCUT2D eigenvalue weighted by atomic mass is 10.1. The fourth-order valence-electron chi connectivity index (χ4n) is 3.18. The van der Waals surface area contributed by atoms with Gasteiger partial charge in [-0.2, -0.15) is 0 Å². The lowest BCUT2D eigenvalue weighted by Crippen LogP contribution is -2.33. The first-order chi connectivity index (χ1) is 14.8. The Hall–Kier alpha value is -3.96. The summed E-state index contributed by atoms with van der Waals surface area (Å²) in [5, 5.41) is 13.6. The Bertz CT molecular complexity index is 1150. The van der Waals surface area contributed by atoms with Crippen LogP contribution in [0.15, 0.2) is 30.5 Å². The number of hydrogen-bond acceptors (Lipinski definition) is 7. The summed E-state index contributed by atoms with van der Waals surface area (Å²) in [6.45, 7) is 1.39. The van der Waals surface area contributed by atoms with Gasteiger partial charge in [-0.3, -0.25) is 14.7 Å². The number of pyridine rings is 1. The molecule has 3 aromatic rings. The van der Waals surface area contributed by atoms with Crippen LogP contribution in [0.2, 0.25) is 0 Å². The van der Waals surface area contributed by atoms with Crippen LogP contribution in [0.5, 0.6) is 0 Å². The molecule has 4 rings (SSSR count). The highest BCUT2D eigenvalue weighted by Crippen LogP contribution is 2.32. The minimum atomic E-state index is -1.18. The van der Waals surface area contributed by atoms with Crippen molar-refractivity contribution in [2.24, 2.45) is 7.05 Å². The van der Waals surface area contributed by atoms with Gasteiger partial charge in [0.05, 0.1) is 18.8 Å². The van der Waals surface area contributed by atoms with Crippen LogP contribution in [0, 0.1) is 11.6 Å². The summed E-state index contributed by atoms with van der Waals surface area (Å²) in [5.74, 6) is -2.16. The number of carbonyl (C=O) groups is 2. The van der Waals surface area contributed by atoms with E-state index >= 15 is 0 Å². The average molecular weight is 429 g/mol. The second-order valence-corrected chi connectivity index (χ2v) is 6.87. The van der Waals surface area contributed by atoms with Gasteiger partial charge in [-0.15, -0.1) is 5.10 Å². The minimum absolute atomic E-state index is 0.0150. The van der Waals surface area contributed by atoms with Gasteiger partial charge in [0.2, 0.25) is 5.91 Å². The summed E-state index contributed by atoms with van der Waals surface area (Å²) >= 11 is 0. The van der Waals surface area contributed by atoms with Gasteiger partial charge in [-0.05, 0) is 28.6 Å². The molecule has 0 saturated carbocycles. The Morgan fingerprint density at radius 1 is 1.26 bits per heavy atom. The number of benzene rings is 1.